The van der Waals surface area contributed by atoms with Gasteiger partial charge in [-0.15, -0.1) is 11.3 Å². The van der Waals surface area contributed by atoms with Gasteiger partial charge in [-0.25, -0.2) is 0 Å². The molecular formula is C21H18ClNO2S. The Balaban J connectivity index is 1.72. The molecule has 1 N–H and O–H groups in total. The van der Waals surface area contributed by atoms with E-state index in [1.807, 2.05) is 43.3 Å². The maximum Gasteiger partial charge on any atom is 0.225 e. The number of rotatable bonds is 4. The lowest BCUT2D eigenvalue weighted by Crippen LogP contribution is -2.22. The number of fused-ring (bicyclic) bond motifs is 1. The van der Waals surface area contributed by atoms with E-state index in [-0.39, 0.29) is 11.8 Å². The van der Waals surface area contributed by atoms with E-state index in [2.05, 4.69) is 22.8 Å². The number of ether oxygens (including phenoxy) is 1. The number of carbonyl (C=O) groups is 1. The molecule has 2 heterocycles. The Labute approximate surface area is 161 Å². The highest BCUT2D eigenvalue weighted by atomic mass is 35.5. The third kappa shape index (κ3) is 3.22. The number of hydrogen-bond acceptors (Lipinski definition) is 3. The first kappa shape index (κ1) is 17.1. The third-order valence-corrected chi connectivity index (χ3v) is 5.89. The highest BCUT2D eigenvalue weighted by Gasteiger charge is 2.30. The minimum absolute atomic E-state index is 0.0463. The number of nitrogens with one attached hydrogen (secondary N) is 1. The van der Waals surface area contributed by atoms with Gasteiger partial charge in [0.2, 0.25) is 5.91 Å². The first-order chi connectivity index (χ1) is 12.7. The molecule has 0 bridgehead atoms. The van der Waals surface area contributed by atoms with Gasteiger partial charge in [0.25, 0.3) is 0 Å². The van der Waals surface area contributed by atoms with Crippen LogP contribution in [0, 0.1) is 0 Å². The molecule has 4 rings (SSSR count). The molecular weight excluding hydrogens is 366 g/mol. The molecule has 26 heavy (non-hydrogen) atoms. The number of carbonyl (C=O) groups excluding carboxylic acids is 1. The predicted molar refractivity (Wildman–Crippen MR) is 107 cm³/mol. The van der Waals surface area contributed by atoms with E-state index in [1.165, 1.54) is 4.88 Å². The van der Waals surface area contributed by atoms with Crippen LogP contribution >= 0.6 is 22.9 Å². The van der Waals surface area contributed by atoms with Gasteiger partial charge < -0.3 is 10.1 Å². The predicted octanol–water partition coefficient (Wildman–Crippen LogP) is 5.94. The lowest BCUT2D eigenvalue weighted by molar-refractivity contribution is -0.116. The molecule has 0 saturated heterocycles. The van der Waals surface area contributed by atoms with Crippen molar-refractivity contribution in [1.29, 1.82) is 0 Å². The summed E-state index contributed by atoms with van der Waals surface area (Å²) in [6, 6.07) is 15.8. The van der Waals surface area contributed by atoms with Gasteiger partial charge in [-0.3, -0.25) is 4.79 Å². The quantitative estimate of drug-likeness (QED) is 0.605. The van der Waals surface area contributed by atoms with Crippen molar-refractivity contribution in [3.63, 3.8) is 0 Å². The number of hydrogen-bond donors (Lipinski definition) is 1. The zero-order valence-corrected chi connectivity index (χ0v) is 15.9. The smallest absolute Gasteiger partial charge is 0.225 e. The zero-order chi connectivity index (χ0) is 18.1. The van der Waals surface area contributed by atoms with Crippen LogP contribution in [0.15, 0.2) is 53.9 Å². The van der Waals surface area contributed by atoms with Crippen molar-refractivity contribution in [3.05, 3.63) is 69.4 Å². The van der Waals surface area contributed by atoms with Gasteiger partial charge in [-0.1, -0.05) is 35.9 Å². The van der Waals surface area contributed by atoms with Crippen LogP contribution in [0.1, 0.15) is 29.7 Å². The topological polar surface area (TPSA) is 38.3 Å². The highest BCUT2D eigenvalue weighted by molar-refractivity contribution is 7.11. The lowest BCUT2D eigenvalue weighted by atomic mass is 9.89. The minimum Gasteiger partial charge on any atom is -0.494 e. The summed E-state index contributed by atoms with van der Waals surface area (Å²) in [7, 11) is 0. The molecule has 0 aliphatic carbocycles. The number of anilines is 1. The van der Waals surface area contributed by atoms with Crippen molar-refractivity contribution < 1.29 is 9.53 Å². The summed E-state index contributed by atoms with van der Waals surface area (Å²) in [6.45, 7) is 2.61. The average molecular weight is 384 g/mol. The van der Waals surface area contributed by atoms with Crippen molar-refractivity contribution in [1.82, 2.24) is 0 Å². The van der Waals surface area contributed by atoms with Gasteiger partial charge >= 0.3 is 0 Å². The third-order valence-electron chi connectivity index (χ3n) is 4.54. The Hall–Kier alpha value is -2.30. The van der Waals surface area contributed by atoms with Crippen molar-refractivity contribution in [2.75, 3.05) is 11.9 Å². The van der Waals surface area contributed by atoms with Gasteiger partial charge in [-0.05, 0) is 42.3 Å². The molecule has 2 aromatic carbocycles. The van der Waals surface area contributed by atoms with Crippen LogP contribution in [-0.2, 0) is 4.79 Å². The Bertz CT molecular complexity index is 932. The SMILES string of the molecule is CCOc1ccc([C@@H]2CC(=O)Nc3c(-c4ccc(Cl)cc4)csc32)cc1. The van der Waals surface area contributed by atoms with Crippen LogP contribution in [0.25, 0.3) is 11.1 Å². The molecule has 1 atom stereocenters. The van der Waals surface area contributed by atoms with Gasteiger partial charge in [0.05, 0.1) is 12.3 Å². The molecule has 132 valence electrons. The summed E-state index contributed by atoms with van der Waals surface area (Å²) in [4.78, 5) is 13.6. The van der Waals surface area contributed by atoms with Gasteiger partial charge in [-0.2, -0.15) is 0 Å². The van der Waals surface area contributed by atoms with E-state index >= 15 is 0 Å². The van der Waals surface area contributed by atoms with Gasteiger partial charge in [0.15, 0.2) is 0 Å². The van der Waals surface area contributed by atoms with E-state index in [9.17, 15) is 4.79 Å². The second-order valence-corrected chi connectivity index (χ2v) is 7.55. The maximum absolute atomic E-state index is 12.4. The van der Waals surface area contributed by atoms with Crippen LogP contribution in [0.3, 0.4) is 0 Å². The van der Waals surface area contributed by atoms with Crippen molar-refractivity contribution in [2.24, 2.45) is 0 Å². The second kappa shape index (κ2) is 7.14. The Kier molecular flexibility index (Phi) is 4.70. The van der Waals surface area contributed by atoms with Gasteiger partial charge in [0.1, 0.15) is 5.75 Å². The Morgan fingerprint density at radius 2 is 1.88 bits per heavy atom. The van der Waals surface area contributed by atoms with E-state index in [0.717, 1.165) is 28.1 Å². The molecule has 5 heteroatoms. The fraction of sp³-hybridized carbons (Fsp3) is 0.190. The van der Waals surface area contributed by atoms with E-state index in [1.54, 1.807) is 11.3 Å². The van der Waals surface area contributed by atoms with Crippen LogP contribution in [0.2, 0.25) is 5.02 Å². The largest absolute Gasteiger partial charge is 0.494 e. The van der Waals surface area contributed by atoms with Crippen LogP contribution in [-0.4, -0.2) is 12.5 Å². The number of amides is 1. The molecule has 0 fully saturated rings. The summed E-state index contributed by atoms with van der Waals surface area (Å²) in [5.74, 6) is 0.968. The fourth-order valence-corrected chi connectivity index (χ4v) is 4.59. The van der Waals surface area contributed by atoms with Crippen LogP contribution in [0.4, 0.5) is 5.69 Å². The molecule has 0 saturated carbocycles. The summed E-state index contributed by atoms with van der Waals surface area (Å²) in [5.41, 5.74) is 4.16. The Morgan fingerprint density at radius 3 is 2.58 bits per heavy atom. The Morgan fingerprint density at radius 1 is 1.15 bits per heavy atom. The molecule has 0 spiro atoms. The lowest BCUT2D eigenvalue weighted by Gasteiger charge is -2.24. The van der Waals surface area contributed by atoms with Crippen molar-refractivity contribution in [2.45, 2.75) is 19.3 Å². The van der Waals surface area contributed by atoms with E-state index in [0.29, 0.717) is 18.1 Å². The van der Waals surface area contributed by atoms with Gasteiger partial charge in [0, 0.05) is 33.2 Å². The van der Waals surface area contributed by atoms with E-state index < -0.39 is 0 Å². The summed E-state index contributed by atoms with van der Waals surface area (Å²) < 4.78 is 5.52. The van der Waals surface area contributed by atoms with Crippen molar-refractivity contribution >= 4 is 34.5 Å². The molecule has 1 aliphatic rings. The highest BCUT2D eigenvalue weighted by Crippen LogP contribution is 2.46. The number of benzene rings is 2. The fourth-order valence-electron chi connectivity index (χ4n) is 3.30. The summed E-state index contributed by atoms with van der Waals surface area (Å²) in [5, 5.41) is 5.88. The monoisotopic (exact) mass is 383 g/mol. The maximum atomic E-state index is 12.4. The zero-order valence-electron chi connectivity index (χ0n) is 14.3. The molecule has 0 unspecified atom stereocenters. The normalized spacial score (nSPS) is 16.1. The molecule has 3 aromatic rings. The molecule has 1 aromatic heterocycles. The average Bonchev–Trinajstić information content (AvgIpc) is 3.06. The standard InChI is InChI=1S/C21H18ClNO2S/c1-2-25-16-9-5-13(6-10-16)17-11-19(24)23-20-18(12-26-21(17)20)14-3-7-15(22)8-4-14/h3-10,12,17H,2,11H2,1H3,(H,23,24)/t17-/m0/s1. The molecule has 0 radical (unpaired) electrons. The number of halogens is 1. The summed E-state index contributed by atoms with van der Waals surface area (Å²) >= 11 is 7.69. The molecule has 1 aliphatic heterocycles. The molecule has 1 amide bonds. The minimum atomic E-state index is 0.0463. The second-order valence-electron chi connectivity index (χ2n) is 6.20. The summed E-state index contributed by atoms with van der Waals surface area (Å²) in [6.07, 6.45) is 0.460. The first-order valence-electron chi connectivity index (χ1n) is 8.55. The molecule has 3 nitrogen and oxygen atoms in total. The van der Waals surface area contributed by atoms with Crippen LogP contribution in [0.5, 0.6) is 5.75 Å². The van der Waals surface area contributed by atoms with Crippen LogP contribution < -0.4 is 10.1 Å². The van der Waals surface area contributed by atoms with Crippen molar-refractivity contribution in [3.8, 4) is 16.9 Å². The van der Waals surface area contributed by atoms with E-state index in [4.69, 9.17) is 16.3 Å². The number of thiophene rings is 1. The first-order valence-corrected chi connectivity index (χ1v) is 9.81.